The minimum absolute atomic E-state index is 0.270. The number of esters is 1. The van der Waals surface area contributed by atoms with Crippen molar-refractivity contribution in [2.24, 2.45) is 0 Å². The summed E-state index contributed by atoms with van der Waals surface area (Å²) in [5.41, 5.74) is 4.05. The number of carbonyl (C=O) groups is 2. The molecule has 2 heterocycles. The maximum atomic E-state index is 13.4. The second kappa shape index (κ2) is 9.22. The lowest BCUT2D eigenvalue weighted by Crippen LogP contribution is -2.15. The van der Waals surface area contributed by atoms with Crippen molar-refractivity contribution < 1.29 is 14.3 Å². The van der Waals surface area contributed by atoms with Crippen LogP contribution in [0.2, 0.25) is 0 Å². The van der Waals surface area contributed by atoms with E-state index in [1.165, 1.54) is 11.3 Å². The number of aromatic nitrogens is 1. The van der Waals surface area contributed by atoms with E-state index >= 15 is 0 Å². The number of hydrogen-bond donors (Lipinski definition) is 1. The third-order valence-electron chi connectivity index (χ3n) is 5.19. The average Bonchev–Trinajstić information content (AvgIpc) is 3.06. The second-order valence-electron chi connectivity index (χ2n) is 7.24. The minimum atomic E-state index is -0.431. The molecule has 7 heteroatoms. The Balaban J connectivity index is 1.78. The fourth-order valence-corrected chi connectivity index (χ4v) is 4.77. The highest BCUT2D eigenvalue weighted by atomic mass is 79.9. The van der Waals surface area contributed by atoms with E-state index in [2.05, 4.69) is 21.2 Å². The summed E-state index contributed by atoms with van der Waals surface area (Å²) in [6.07, 6.45) is 0. The summed E-state index contributed by atoms with van der Waals surface area (Å²) < 4.78 is 6.18. The Hall–Kier alpha value is -3.03. The number of benzene rings is 2. The van der Waals surface area contributed by atoms with Crippen molar-refractivity contribution >= 4 is 55.0 Å². The number of aryl methyl sites for hydroxylation is 1. The number of rotatable bonds is 5. The molecule has 0 spiro atoms. The van der Waals surface area contributed by atoms with Crippen molar-refractivity contribution in [2.45, 2.75) is 20.8 Å². The summed E-state index contributed by atoms with van der Waals surface area (Å²) in [5.74, 6) is -0.728. The van der Waals surface area contributed by atoms with E-state index in [1.807, 2.05) is 62.4 Å². The van der Waals surface area contributed by atoms with Gasteiger partial charge in [0.2, 0.25) is 0 Å². The van der Waals surface area contributed by atoms with Crippen molar-refractivity contribution in [3.63, 3.8) is 0 Å². The highest BCUT2D eigenvalue weighted by molar-refractivity contribution is 9.10. The van der Waals surface area contributed by atoms with E-state index in [0.29, 0.717) is 21.8 Å². The molecule has 0 aliphatic rings. The standard InChI is InChI=1S/C25H21BrN2O3S/c1-4-31-25(30)22-14(2)15(3)32-24(22)28-23(29)19-13-21(16-9-11-17(26)12-10-16)27-20-8-6-5-7-18(19)20/h5-13H,4H2,1-3H3,(H,28,29). The van der Waals surface area contributed by atoms with Crippen LogP contribution in [0.5, 0.6) is 0 Å². The molecular weight excluding hydrogens is 488 g/mol. The van der Waals surface area contributed by atoms with Gasteiger partial charge in [0.15, 0.2) is 0 Å². The topological polar surface area (TPSA) is 68.3 Å². The number of ether oxygens (including phenoxy) is 1. The van der Waals surface area contributed by atoms with E-state index in [9.17, 15) is 9.59 Å². The van der Waals surface area contributed by atoms with Crippen LogP contribution in [0.25, 0.3) is 22.2 Å². The molecule has 4 rings (SSSR count). The van der Waals surface area contributed by atoms with Gasteiger partial charge in [-0.15, -0.1) is 11.3 Å². The van der Waals surface area contributed by atoms with Crippen molar-refractivity contribution in [1.82, 2.24) is 4.98 Å². The van der Waals surface area contributed by atoms with E-state index < -0.39 is 5.97 Å². The maximum absolute atomic E-state index is 13.4. The molecule has 0 radical (unpaired) electrons. The first kappa shape index (κ1) is 22.2. The molecule has 0 aliphatic carbocycles. The van der Waals surface area contributed by atoms with Gasteiger partial charge in [-0.05, 0) is 50.6 Å². The largest absolute Gasteiger partial charge is 0.462 e. The lowest BCUT2D eigenvalue weighted by atomic mass is 10.0. The number of nitrogens with zero attached hydrogens (tertiary/aromatic N) is 1. The van der Waals surface area contributed by atoms with Crippen molar-refractivity contribution in [3.8, 4) is 11.3 Å². The second-order valence-corrected chi connectivity index (χ2v) is 9.38. The van der Waals surface area contributed by atoms with Crippen LogP contribution in [0.15, 0.2) is 59.1 Å². The fourth-order valence-electron chi connectivity index (χ4n) is 3.47. The van der Waals surface area contributed by atoms with Gasteiger partial charge in [-0.2, -0.15) is 0 Å². The molecular formula is C25H21BrN2O3S. The van der Waals surface area contributed by atoms with Crippen LogP contribution in [0.3, 0.4) is 0 Å². The maximum Gasteiger partial charge on any atom is 0.341 e. The summed E-state index contributed by atoms with van der Waals surface area (Å²) >= 11 is 4.82. The number of hydrogen-bond acceptors (Lipinski definition) is 5. The molecule has 0 aliphatic heterocycles. The summed E-state index contributed by atoms with van der Waals surface area (Å²) in [4.78, 5) is 31.6. The minimum Gasteiger partial charge on any atom is -0.462 e. The smallest absolute Gasteiger partial charge is 0.341 e. The van der Waals surface area contributed by atoms with Gasteiger partial charge < -0.3 is 10.1 Å². The van der Waals surface area contributed by atoms with Gasteiger partial charge in [0, 0.05) is 20.3 Å². The number of fused-ring (bicyclic) bond motifs is 1. The highest BCUT2D eigenvalue weighted by Crippen LogP contribution is 2.34. The zero-order valence-electron chi connectivity index (χ0n) is 17.9. The molecule has 1 N–H and O–H groups in total. The van der Waals surface area contributed by atoms with Crippen molar-refractivity contribution in [3.05, 3.63) is 80.6 Å². The molecule has 4 aromatic rings. The number of anilines is 1. The average molecular weight is 509 g/mol. The molecule has 0 saturated heterocycles. The predicted molar refractivity (Wildman–Crippen MR) is 133 cm³/mol. The molecule has 162 valence electrons. The van der Waals surface area contributed by atoms with Gasteiger partial charge in [0.05, 0.1) is 28.9 Å². The molecule has 2 aromatic heterocycles. The normalized spacial score (nSPS) is 10.9. The molecule has 5 nitrogen and oxygen atoms in total. The monoisotopic (exact) mass is 508 g/mol. The van der Waals surface area contributed by atoms with Gasteiger partial charge >= 0.3 is 5.97 Å². The first-order valence-corrected chi connectivity index (χ1v) is 11.7. The highest BCUT2D eigenvalue weighted by Gasteiger charge is 2.23. The number of para-hydroxylation sites is 1. The SMILES string of the molecule is CCOC(=O)c1c(NC(=O)c2cc(-c3ccc(Br)cc3)nc3ccccc23)sc(C)c1C. The summed E-state index contributed by atoms with van der Waals surface area (Å²) in [6, 6.07) is 17.1. The molecule has 0 unspecified atom stereocenters. The summed E-state index contributed by atoms with van der Waals surface area (Å²) in [6.45, 7) is 5.82. The first-order chi connectivity index (χ1) is 15.4. The zero-order valence-corrected chi connectivity index (χ0v) is 20.3. The van der Waals surface area contributed by atoms with Crippen LogP contribution in [0.1, 0.15) is 38.1 Å². The number of carbonyl (C=O) groups excluding carboxylic acids is 2. The van der Waals surface area contributed by atoms with Crippen LogP contribution < -0.4 is 5.32 Å². The lowest BCUT2D eigenvalue weighted by molar-refractivity contribution is 0.0527. The molecule has 0 saturated carbocycles. The molecule has 32 heavy (non-hydrogen) atoms. The summed E-state index contributed by atoms with van der Waals surface area (Å²) in [5, 5.41) is 4.19. The van der Waals surface area contributed by atoms with Crippen LogP contribution >= 0.6 is 27.3 Å². The summed E-state index contributed by atoms with van der Waals surface area (Å²) in [7, 11) is 0. The van der Waals surface area contributed by atoms with Crippen LogP contribution in [-0.4, -0.2) is 23.5 Å². The molecule has 2 aromatic carbocycles. The molecule has 0 fully saturated rings. The molecule has 1 amide bonds. The van der Waals surface area contributed by atoms with E-state index in [0.717, 1.165) is 31.4 Å². The van der Waals surface area contributed by atoms with E-state index in [1.54, 1.807) is 13.0 Å². The van der Waals surface area contributed by atoms with E-state index in [-0.39, 0.29) is 12.5 Å². The third kappa shape index (κ3) is 4.31. The van der Waals surface area contributed by atoms with Gasteiger partial charge in [0.25, 0.3) is 5.91 Å². The quantitative estimate of drug-likeness (QED) is 0.302. The lowest BCUT2D eigenvalue weighted by Gasteiger charge is -2.11. The van der Waals surface area contributed by atoms with Gasteiger partial charge in [0.1, 0.15) is 5.00 Å². The molecule has 0 bridgehead atoms. The third-order valence-corrected chi connectivity index (χ3v) is 6.84. The van der Waals surface area contributed by atoms with Crippen molar-refractivity contribution in [1.29, 1.82) is 0 Å². The number of halogens is 1. The Labute approximate surface area is 198 Å². The predicted octanol–water partition coefficient (Wildman–Crippen LogP) is 6.77. The van der Waals surface area contributed by atoms with Crippen molar-refractivity contribution in [2.75, 3.05) is 11.9 Å². The van der Waals surface area contributed by atoms with Gasteiger partial charge in [-0.3, -0.25) is 4.79 Å². The Kier molecular flexibility index (Phi) is 6.39. The number of nitrogens with one attached hydrogen (secondary N) is 1. The van der Waals surface area contributed by atoms with Gasteiger partial charge in [-0.25, -0.2) is 9.78 Å². The van der Waals surface area contributed by atoms with Gasteiger partial charge in [-0.1, -0.05) is 46.3 Å². The molecule has 0 atom stereocenters. The number of pyridine rings is 1. The first-order valence-electron chi connectivity index (χ1n) is 10.1. The zero-order chi connectivity index (χ0) is 22.8. The fraction of sp³-hybridized carbons (Fsp3) is 0.160. The Bertz CT molecular complexity index is 1330. The van der Waals surface area contributed by atoms with E-state index in [4.69, 9.17) is 9.72 Å². The number of thiophene rings is 1. The Morgan fingerprint density at radius 2 is 1.81 bits per heavy atom. The Morgan fingerprint density at radius 1 is 1.09 bits per heavy atom. The number of amides is 1. The van der Waals surface area contributed by atoms with Crippen LogP contribution in [0, 0.1) is 13.8 Å². The Morgan fingerprint density at radius 3 is 2.53 bits per heavy atom. The van der Waals surface area contributed by atoms with Crippen LogP contribution in [-0.2, 0) is 4.74 Å². The van der Waals surface area contributed by atoms with Crippen LogP contribution in [0.4, 0.5) is 5.00 Å².